The number of nitriles is 1. The summed E-state index contributed by atoms with van der Waals surface area (Å²) < 4.78 is 91.8. The first-order chi connectivity index (χ1) is 19.6. The van der Waals surface area contributed by atoms with Crippen molar-refractivity contribution in [1.29, 1.82) is 5.26 Å². The molecule has 0 saturated heterocycles. The number of anilines is 2. The van der Waals surface area contributed by atoms with Crippen molar-refractivity contribution >= 4 is 63.9 Å². The Morgan fingerprint density at radius 2 is 1.55 bits per heavy atom. The van der Waals surface area contributed by atoms with Crippen LogP contribution in [0.5, 0.6) is 0 Å². The third kappa shape index (κ3) is 7.46. The molecule has 4 N–H and O–H groups in total. The van der Waals surface area contributed by atoms with E-state index in [0.29, 0.717) is 12.6 Å². The number of unbranched alkanes of at least 4 members (excludes halogenated alkanes) is 1. The Labute approximate surface area is 243 Å². The maximum absolute atomic E-state index is 12.3. The van der Waals surface area contributed by atoms with Gasteiger partial charge in [0.25, 0.3) is 20.2 Å². The van der Waals surface area contributed by atoms with Gasteiger partial charge in [0.2, 0.25) is 0 Å². The van der Waals surface area contributed by atoms with E-state index in [1.807, 2.05) is 13.0 Å². The minimum atomic E-state index is -5.07. The molecule has 2 aromatic carbocycles. The van der Waals surface area contributed by atoms with Crippen LogP contribution in [0.15, 0.2) is 62.3 Å². The Morgan fingerprint density at radius 1 is 0.952 bits per heavy atom. The highest BCUT2D eigenvalue weighted by Crippen LogP contribution is 2.40. The van der Waals surface area contributed by atoms with Crippen LogP contribution in [0, 0.1) is 18.3 Å². The van der Waals surface area contributed by atoms with Crippen molar-refractivity contribution in [2.24, 2.45) is 10.2 Å². The van der Waals surface area contributed by atoms with Gasteiger partial charge in [-0.1, -0.05) is 44.2 Å². The highest BCUT2D eigenvalue weighted by molar-refractivity contribution is 7.94. The van der Waals surface area contributed by atoms with Crippen molar-refractivity contribution < 1.29 is 34.4 Å². The molecule has 0 saturated carbocycles. The average molecular weight is 637 g/mol. The number of azo groups is 1. The van der Waals surface area contributed by atoms with Crippen LogP contribution in [-0.2, 0) is 30.1 Å². The zero-order valence-electron chi connectivity index (χ0n) is 22.6. The lowest BCUT2D eigenvalue weighted by atomic mass is 10.1. The lowest BCUT2D eigenvalue weighted by Gasteiger charge is -2.16. The van der Waals surface area contributed by atoms with E-state index in [1.165, 1.54) is 31.2 Å². The largest absolute Gasteiger partial charge is 0.368 e. The number of fused-ring (bicyclic) bond motifs is 1. The van der Waals surface area contributed by atoms with E-state index in [0.717, 1.165) is 18.2 Å². The number of hydrogen-bond donors (Lipinski definition) is 4. The van der Waals surface area contributed by atoms with Crippen molar-refractivity contribution in [3.8, 4) is 6.07 Å². The highest BCUT2D eigenvalue weighted by atomic mass is 32.2. The zero-order chi connectivity index (χ0) is 31.3. The van der Waals surface area contributed by atoms with Gasteiger partial charge in [0.1, 0.15) is 33.1 Å². The number of hydrogen-bond acceptors (Lipinski definition) is 12. The molecule has 0 aliphatic rings. The molecule has 0 aliphatic carbocycles. The number of pyridine rings is 1. The number of nitrogens with one attached hydrogen (secondary N) is 2. The van der Waals surface area contributed by atoms with Gasteiger partial charge in [-0.3, -0.25) is 9.11 Å². The molecular weight excluding hydrogens is 609 g/mol. The van der Waals surface area contributed by atoms with E-state index in [2.05, 4.69) is 32.4 Å². The summed E-state index contributed by atoms with van der Waals surface area (Å²) in [6.45, 7) is 7.12. The summed E-state index contributed by atoms with van der Waals surface area (Å²) in [6, 6.07) is 8.15. The Balaban J connectivity index is 2.26. The second kappa shape index (κ2) is 12.9. The van der Waals surface area contributed by atoms with Gasteiger partial charge in [-0.2, -0.15) is 22.1 Å². The fraction of sp³-hybridized carbons (Fsp3) is 0.280. The van der Waals surface area contributed by atoms with Gasteiger partial charge in [0.15, 0.2) is 15.7 Å². The molecule has 0 fully saturated rings. The molecule has 0 atom stereocenters. The molecule has 14 nitrogen and oxygen atoms in total. The molecule has 42 heavy (non-hydrogen) atoms. The summed E-state index contributed by atoms with van der Waals surface area (Å²) in [5.74, 6) is -0.0773. The SMILES string of the molecule is C=CS(=O)(=O)CCNc1nc(NCCCC)c(N=Nc2c(S(=O)(=O)O)cc(S(=O)(=O)O)c3ccccc23)c(C)c1C#N. The van der Waals surface area contributed by atoms with Gasteiger partial charge in [0, 0.05) is 34.8 Å². The number of nitrogens with zero attached hydrogens (tertiary/aromatic N) is 4. The van der Waals surface area contributed by atoms with Crippen LogP contribution in [0.3, 0.4) is 0 Å². The monoisotopic (exact) mass is 636 g/mol. The maximum Gasteiger partial charge on any atom is 0.296 e. The van der Waals surface area contributed by atoms with Crippen molar-refractivity contribution in [2.75, 3.05) is 29.5 Å². The zero-order valence-corrected chi connectivity index (χ0v) is 25.0. The van der Waals surface area contributed by atoms with Crippen molar-refractivity contribution in [1.82, 2.24) is 4.98 Å². The van der Waals surface area contributed by atoms with Crippen molar-refractivity contribution in [3.63, 3.8) is 0 Å². The van der Waals surface area contributed by atoms with Crippen molar-refractivity contribution in [3.05, 3.63) is 53.4 Å². The van der Waals surface area contributed by atoms with Crippen LogP contribution >= 0.6 is 0 Å². The van der Waals surface area contributed by atoms with Gasteiger partial charge in [-0.25, -0.2) is 13.4 Å². The smallest absolute Gasteiger partial charge is 0.296 e. The lowest BCUT2D eigenvalue weighted by Crippen LogP contribution is -2.16. The first-order valence-electron chi connectivity index (χ1n) is 12.3. The fourth-order valence-electron chi connectivity index (χ4n) is 3.90. The Hall–Kier alpha value is -3.95. The molecule has 0 unspecified atom stereocenters. The maximum atomic E-state index is 12.3. The van der Waals surface area contributed by atoms with Gasteiger partial charge >= 0.3 is 0 Å². The minimum absolute atomic E-state index is 0.0163. The van der Waals surface area contributed by atoms with Crippen molar-refractivity contribution in [2.45, 2.75) is 36.5 Å². The van der Waals surface area contributed by atoms with Crippen LogP contribution < -0.4 is 10.6 Å². The molecular formula is C25H28N6O8S3. The molecule has 1 heterocycles. The van der Waals surface area contributed by atoms with Gasteiger partial charge in [-0.05, 0) is 19.4 Å². The molecule has 17 heteroatoms. The number of benzene rings is 2. The summed E-state index contributed by atoms with van der Waals surface area (Å²) in [7, 11) is -13.5. The summed E-state index contributed by atoms with van der Waals surface area (Å²) in [6.07, 6.45) is 1.56. The average Bonchev–Trinajstić information content (AvgIpc) is 2.91. The topological polar surface area (TPSA) is 228 Å². The predicted octanol–water partition coefficient (Wildman–Crippen LogP) is 4.51. The Bertz CT molecular complexity index is 1930. The third-order valence-corrected chi connectivity index (χ3v) is 9.07. The normalized spacial score (nSPS) is 12.4. The van der Waals surface area contributed by atoms with E-state index in [1.54, 1.807) is 0 Å². The summed E-state index contributed by atoms with van der Waals surface area (Å²) >= 11 is 0. The second-order valence-corrected chi connectivity index (χ2v) is 13.8. The Morgan fingerprint density at radius 3 is 2.12 bits per heavy atom. The van der Waals surface area contributed by atoms with E-state index in [4.69, 9.17) is 0 Å². The molecule has 1 aromatic heterocycles. The Kier molecular flexibility index (Phi) is 10.0. The summed E-state index contributed by atoms with van der Waals surface area (Å²) in [5, 5.41) is 24.7. The quantitative estimate of drug-likeness (QED) is 0.115. The number of sulfone groups is 1. The van der Waals surface area contributed by atoms with Crippen LogP contribution in [0.4, 0.5) is 23.0 Å². The number of aromatic nitrogens is 1. The van der Waals surface area contributed by atoms with E-state index in [-0.39, 0.29) is 51.5 Å². The third-order valence-electron chi connectivity index (χ3n) is 6.03. The minimum Gasteiger partial charge on any atom is -0.368 e. The molecule has 3 rings (SSSR count). The van der Waals surface area contributed by atoms with Crippen LogP contribution in [0.25, 0.3) is 10.8 Å². The van der Waals surface area contributed by atoms with Crippen LogP contribution in [-0.4, -0.2) is 58.2 Å². The van der Waals surface area contributed by atoms with Crippen LogP contribution in [0.2, 0.25) is 0 Å². The molecule has 224 valence electrons. The summed E-state index contributed by atoms with van der Waals surface area (Å²) in [4.78, 5) is 2.73. The van der Waals surface area contributed by atoms with E-state index in [9.17, 15) is 39.6 Å². The second-order valence-electron chi connectivity index (χ2n) is 8.93. The number of rotatable bonds is 13. The summed E-state index contributed by atoms with van der Waals surface area (Å²) in [5.41, 5.74) is -0.106. The molecule has 0 aliphatic heterocycles. The first kappa shape index (κ1) is 32.6. The molecule has 0 radical (unpaired) electrons. The van der Waals surface area contributed by atoms with Gasteiger partial charge in [-0.15, -0.1) is 10.2 Å². The van der Waals surface area contributed by atoms with Crippen LogP contribution in [0.1, 0.15) is 30.9 Å². The molecule has 0 amide bonds. The van der Waals surface area contributed by atoms with Gasteiger partial charge in [0.05, 0.1) is 11.3 Å². The van der Waals surface area contributed by atoms with Gasteiger partial charge < -0.3 is 10.6 Å². The molecule has 3 aromatic rings. The highest BCUT2D eigenvalue weighted by Gasteiger charge is 2.26. The fourth-order valence-corrected chi connectivity index (χ4v) is 5.91. The predicted molar refractivity (Wildman–Crippen MR) is 157 cm³/mol. The molecule has 0 bridgehead atoms. The molecule has 0 spiro atoms. The van der Waals surface area contributed by atoms with E-state index >= 15 is 0 Å². The first-order valence-corrected chi connectivity index (χ1v) is 16.9. The van der Waals surface area contributed by atoms with E-state index < -0.39 is 45.6 Å². The lowest BCUT2D eigenvalue weighted by molar-refractivity contribution is 0.482. The standard InChI is InChI=1S/C25H28N6O8S3/c1-4-6-11-27-25-22(16(3)19(15-26)24(29-25)28-12-13-40(32,33)5-2)30-31-23-18-10-8-7-9-17(18)20(41(34,35)36)14-21(23)42(37,38)39/h5,7-10,14H,2,4,6,11-13H2,1,3H3,(H2,27,28,29)(H,34,35,36)(H,37,38,39).